The number of pyridine rings is 1. The maximum Gasteiger partial charge on any atom is 0.235 e. The third-order valence-corrected chi connectivity index (χ3v) is 8.43. The van der Waals surface area contributed by atoms with Crippen LogP contribution in [0.25, 0.3) is 82.7 Å². The van der Waals surface area contributed by atoms with Gasteiger partial charge in [0.15, 0.2) is 0 Å². The first-order valence-electron chi connectivity index (χ1n) is 14.5. The Balaban J connectivity index is 1.27. The third-order valence-electron chi connectivity index (χ3n) is 8.43. The zero-order valence-corrected chi connectivity index (χ0v) is 23.1. The maximum absolute atomic E-state index is 5.26. The van der Waals surface area contributed by atoms with Gasteiger partial charge in [-0.2, -0.15) is 0 Å². The number of fused-ring (bicyclic) bond motifs is 6. The molecule has 0 aliphatic rings. The van der Waals surface area contributed by atoms with Gasteiger partial charge in [0.2, 0.25) is 5.95 Å². The Morgan fingerprint density at radius 2 is 1.16 bits per heavy atom. The van der Waals surface area contributed by atoms with Crippen LogP contribution >= 0.6 is 0 Å². The first-order chi connectivity index (χ1) is 21.3. The molecular formula is C39H24N4. The summed E-state index contributed by atoms with van der Waals surface area (Å²) in [6.45, 7) is 0. The van der Waals surface area contributed by atoms with Crippen LogP contribution in [0.4, 0.5) is 0 Å². The van der Waals surface area contributed by atoms with E-state index in [1.807, 2.05) is 18.3 Å². The van der Waals surface area contributed by atoms with E-state index in [9.17, 15) is 0 Å². The van der Waals surface area contributed by atoms with Crippen molar-refractivity contribution in [3.05, 3.63) is 146 Å². The SMILES string of the molecule is c1ccc2cc3c(cc2c1)c1ccccc1n3-c1nc(-c2ccc(-c3cccc4ccccc34)nc2)c2ccccc2n1. The van der Waals surface area contributed by atoms with E-state index in [4.69, 9.17) is 15.0 Å². The van der Waals surface area contributed by atoms with Crippen LogP contribution in [0, 0.1) is 0 Å². The summed E-state index contributed by atoms with van der Waals surface area (Å²) in [6.07, 6.45) is 1.94. The molecule has 6 aromatic carbocycles. The first kappa shape index (κ1) is 23.8. The lowest BCUT2D eigenvalue weighted by molar-refractivity contribution is 1.01. The molecule has 9 rings (SSSR count). The van der Waals surface area contributed by atoms with Crippen LogP contribution in [-0.4, -0.2) is 19.5 Å². The predicted octanol–water partition coefficient (Wildman–Crippen LogP) is 9.76. The molecule has 3 aromatic heterocycles. The fourth-order valence-corrected chi connectivity index (χ4v) is 6.40. The van der Waals surface area contributed by atoms with Gasteiger partial charge < -0.3 is 0 Å². The molecule has 0 saturated heterocycles. The average Bonchev–Trinajstić information content (AvgIpc) is 3.39. The Labute approximate surface area is 247 Å². The molecule has 4 nitrogen and oxygen atoms in total. The van der Waals surface area contributed by atoms with Crippen LogP contribution in [0.1, 0.15) is 0 Å². The van der Waals surface area contributed by atoms with Gasteiger partial charge in [0.25, 0.3) is 0 Å². The van der Waals surface area contributed by atoms with E-state index >= 15 is 0 Å². The van der Waals surface area contributed by atoms with Crippen LogP contribution in [0.5, 0.6) is 0 Å². The zero-order chi connectivity index (χ0) is 28.3. The zero-order valence-electron chi connectivity index (χ0n) is 23.1. The fraction of sp³-hybridized carbons (Fsp3) is 0. The average molecular weight is 549 g/mol. The molecule has 0 aliphatic heterocycles. The molecule has 0 saturated carbocycles. The number of hydrogen-bond donors (Lipinski definition) is 0. The lowest BCUT2D eigenvalue weighted by Crippen LogP contribution is -2.03. The number of para-hydroxylation sites is 2. The van der Waals surface area contributed by atoms with E-state index < -0.39 is 0 Å². The number of nitrogens with zero attached hydrogens (tertiary/aromatic N) is 4. The molecule has 4 heteroatoms. The van der Waals surface area contributed by atoms with Gasteiger partial charge in [-0.05, 0) is 57.9 Å². The number of hydrogen-bond acceptors (Lipinski definition) is 3. The number of rotatable bonds is 3. The summed E-state index contributed by atoms with van der Waals surface area (Å²) < 4.78 is 2.20. The van der Waals surface area contributed by atoms with E-state index in [1.165, 1.54) is 32.3 Å². The van der Waals surface area contributed by atoms with Crippen LogP contribution in [0.15, 0.2) is 146 Å². The van der Waals surface area contributed by atoms with Crippen molar-refractivity contribution in [1.29, 1.82) is 0 Å². The van der Waals surface area contributed by atoms with Crippen molar-refractivity contribution in [2.45, 2.75) is 0 Å². The van der Waals surface area contributed by atoms with Crippen molar-refractivity contribution >= 4 is 54.3 Å². The lowest BCUT2D eigenvalue weighted by atomic mass is 10.0. The minimum Gasteiger partial charge on any atom is -0.278 e. The van der Waals surface area contributed by atoms with Crippen molar-refractivity contribution in [2.24, 2.45) is 0 Å². The summed E-state index contributed by atoms with van der Waals surface area (Å²) in [7, 11) is 0. The van der Waals surface area contributed by atoms with Crippen molar-refractivity contribution in [2.75, 3.05) is 0 Å². The Morgan fingerprint density at radius 3 is 2.00 bits per heavy atom. The van der Waals surface area contributed by atoms with E-state index in [2.05, 4.69) is 132 Å². The molecule has 0 aliphatic carbocycles. The van der Waals surface area contributed by atoms with E-state index in [0.29, 0.717) is 5.95 Å². The van der Waals surface area contributed by atoms with Gasteiger partial charge in [-0.3, -0.25) is 9.55 Å². The topological polar surface area (TPSA) is 43.6 Å². The van der Waals surface area contributed by atoms with E-state index in [1.54, 1.807) is 0 Å². The molecule has 9 aromatic rings. The normalized spacial score (nSPS) is 11.7. The largest absolute Gasteiger partial charge is 0.278 e. The molecule has 0 atom stereocenters. The van der Waals surface area contributed by atoms with Gasteiger partial charge in [0.1, 0.15) is 0 Å². The summed E-state index contributed by atoms with van der Waals surface area (Å²) in [5.41, 5.74) is 6.94. The lowest BCUT2D eigenvalue weighted by Gasteiger charge is -2.12. The first-order valence-corrected chi connectivity index (χ1v) is 14.5. The fourth-order valence-electron chi connectivity index (χ4n) is 6.40. The summed E-state index contributed by atoms with van der Waals surface area (Å²) in [5, 5.41) is 8.17. The number of benzene rings is 6. The molecular weight excluding hydrogens is 524 g/mol. The molecule has 3 heterocycles. The number of aromatic nitrogens is 4. The molecule has 0 radical (unpaired) electrons. The van der Waals surface area contributed by atoms with Crippen molar-refractivity contribution in [1.82, 2.24) is 19.5 Å². The highest BCUT2D eigenvalue weighted by atomic mass is 15.2. The Hall–Kier alpha value is -5.87. The van der Waals surface area contributed by atoms with E-state index in [-0.39, 0.29) is 0 Å². The Kier molecular flexibility index (Phi) is 5.16. The third kappa shape index (κ3) is 3.74. The van der Waals surface area contributed by atoms with Crippen LogP contribution < -0.4 is 0 Å². The Morgan fingerprint density at radius 1 is 0.465 bits per heavy atom. The van der Waals surface area contributed by atoms with Gasteiger partial charge >= 0.3 is 0 Å². The highest BCUT2D eigenvalue weighted by Crippen LogP contribution is 2.36. The van der Waals surface area contributed by atoms with Crippen molar-refractivity contribution in [3.8, 4) is 28.5 Å². The highest BCUT2D eigenvalue weighted by Gasteiger charge is 2.18. The summed E-state index contributed by atoms with van der Waals surface area (Å²) in [6, 6.07) is 48.8. The molecule has 200 valence electrons. The van der Waals surface area contributed by atoms with Gasteiger partial charge in [-0.1, -0.05) is 103 Å². The minimum atomic E-state index is 0.647. The van der Waals surface area contributed by atoms with Crippen LogP contribution in [0.2, 0.25) is 0 Å². The van der Waals surface area contributed by atoms with Gasteiger partial charge in [0, 0.05) is 33.5 Å². The van der Waals surface area contributed by atoms with Gasteiger partial charge in [-0.25, -0.2) is 9.97 Å². The Bertz CT molecular complexity index is 2500. The molecule has 0 N–H and O–H groups in total. The summed E-state index contributed by atoms with van der Waals surface area (Å²) >= 11 is 0. The second-order valence-corrected chi connectivity index (χ2v) is 10.9. The molecule has 0 fully saturated rings. The van der Waals surface area contributed by atoms with E-state index in [0.717, 1.165) is 44.5 Å². The molecule has 0 spiro atoms. The second kappa shape index (κ2) is 9.33. The van der Waals surface area contributed by atoms with Crippen LogP contribution in [0.3, 0.4) is 0 Å². The monoisotopic (exact) mass is 548 g/mol. The highest BCUT2D eigenvalue weighted by molar-refractivity contribution is 6.13. The molecule has 0 unspecified atom stereocenters. The van der Waals surface area contributed by atoms with Crippen molar-refractivity contribution in [3.63, 3.8) is 0 Å². The van der Waals surface area contributed by atoms with Gasteiger partial charge in [-0.15, -0.1) is 0 Å². The smallest absolute Gasteiger partial charge is 0.235 e. The standard InChI is InChI=1S/C39H24N4/c1-2-12-27-23-37-33(22-26(27)11-1)31-15-6-8-19-36(31)43(37)39-41-35-18-7-5-16-32(35)38(42-39)28-20-21-34(40-24-28)30-17-9-13-25-10-3-4-14-29(25)30/h1-24H. The molecule has 0 amide bonds. The van der Waals surface area contributed by atoms with Gasteiger partial charge in [0.05, 0.1) is 27.9 Å². The predicted molar refractivity (Wildman–Crippen MR) is 178 cm³/mol. The summed E-state index contributed by atoms with van der Waals surface area (Å²) in [4.78, 5) is 15.3. The molecule has 43 heavy (non-hydrogen) atoms. The van der Waals surface area contributed by atoms with Crippen LogP contribution in [-0.2, 0) is 0 Å². The van der Waals surface area contributed by atoms with Crippen molar-refractivity contribution < 1.29 is 0 Å². The second-order valence-electron chi connectivity index (χ2n) is 10.9. The minimum absolute atomic E-state index is 0.647. The summed E-state index contributed by atoms with van der Waals surface area (Å²) in [5.74, 6) is 0.647. The quantitative estimate of drug-likeness (QED) is 0.221. The maximum atomic E-state index is 5.26. The molecule has 0 bridgehead atoms.